The first-order valence-corrected chi connectivity index (χ1v) is 9.80. The van der Waals surface area contributed by atoms with Gasteiger partial charge in [-0.3, -0.25) is 9.59 Å². The maximum Gasteiger partial charge on any atom is 0.343 e. The van der Waals surface area contributed by atoms with Crippen LogP contribution in [0, 0.1) is 12.8 Å². The van der Waals surface area contributed by atoms with Crippen LogP contribution >= 0.6 is 0 Å². The van der Waals surface area contributed by atoms with Crippen molar-refractivity contribution in [3.8, 4) is 5.75 Å². The number of methoxy groups -OCH3 is 1. The van der Waals surface area contributed by atoms with E-state index in [1.165, 1.54) is 13.3 Å². The van der Waals surface area contributed by atoms with E-state index in [1.54, 1.807) is 36.4 Å². The van der Waals surface area contributed by atoms with Gasteiger partial charge in [0.25, 0.3) is 11.8 Å². The van der Waals surface area contributed by atoms with Gasteiger partial charge in [-0.25, -0.2) is 10.2 Å². The van der Waals surface area contributed by atoms with Gasteiger partial charge < -0.3 is 14.8 Å². The molecule has 0 aromatic heterocycles. The minimum absolute atomic E-state index is 0.139. The van der Waals surface area contributed by atoms with Crippen molar-refractivity contribution in [3.05, 3.63) is 65.2 Å². The molecule has 0 aliphatic heterocycles. The lowest BCUT2D eigenvalue weighted by molar-refractivity contribution is -0.142. The van der Waals surface area contributed by atoms with Crippen LogP contribution in [0.25, 0.3) is 0 Å². The first-order valence-electron chi connectivity index (χ1n) is 9.80. The first kappa shape index (κ1) is 23.6. The molecule has 2 rings (SSSR count). The highest BCUT2D eigenvalue weighted by atomic mass is 16.6. The van der Waals surface area contributed by atoms with E-state index in [2.05, 4.69) is 20.6 Å². The fourth-order valence-corrected chi connectivity index (χ4v) is 2.59. The molecule has 0 aliphatic rings. The van der Waals surface area contributed by atoms with Crippen LogP contribution in [0.2, 0.25) is 0 Å². The van der Waals surface area contributed by atoms with E-state index in [-0.39, 0.29) is 18.4 Å². The van der Waals surface area contributed by atoms with Crippen LogP contribution in [-0.4, -0.2) is 43.8 Å². The summed E-state index contributed by atoms with van der Waals surface area (Å²) in [7, 11) is 1.28. The molecular formula is C23H27N3O5. The number of benzene rings is 2. The van der Waals surface area contributed by atoms with Gasteiger partial charge in [0, 0.05) is 5.56 Å². The van der Waals surface area contributed by atoms with Gasteiger partial charge in [0.2, 0.25) is 0 Å². The molecule has 2 amide bonds. The number of nitrogens with one attached hydrogen (secondary N) is 2. The first-order chi connectivity index (χ1) is 14.8. The molecule has 0 radical (unpaired) electrons. The third kappa shape index (κ3) is 7.58. The number of aryl methyl sites for hydroxylation is 1. The van der Waals surface area contributed by atoms with Gasteiger partial charge in [-0.15, -0.1) is 0 Å². The van der Waals surface area contributed by atoms with E-state index in [0.29, 0.717) is 16.9 Å². The monoisotopic (exact) mass is 425 g/mol. The van der Waals surface area contributed by atoms with Crippen molar-refractivity contribution in [2.45, 2.75) is 26.8 Å². The van der Waals surface area contributed by atoms with Crippen LogP contribution in [0.1, 0.15) is 35.3 Å². The van der Waals surface area contributed by atoms with E-state index in [9.17, 15) is 14.4 Å². The van der Waals surface area contributed by atoms with Gasteiger partial charge >= 0.3 is 5.97 Å². The molecule has 1 atom stereocenters. The van der Waals surface area contributed by atoms with E-state index < -0.39 is 17.9 Å². The second kappa shape index (κ2) is 11.5. The van der Waals surface area contributed by atoms with Gasteiger partial charge in [-0.1, -0.05) is 43.7 Å². The zero-order valence-corrected chi connectivity index (χ0v) is 18.0. The van der Waals surface area contributed by atoms with Crippen molar-refractivity contribution in [1.82, 2.24) is 10.7 Å². The fourth-order valence-electron chi connectivity index (χ4n) is 2.59. The quantitative estimate of drug-likeness (QED) is 0.365. The third-order valence-electron chi connectivity index (χ3n) is 4.38. The lowest BCUT2D eigenvalue weighted by Crippen LogP contribution is -2.48. The molecule has 8 nitrogen and oxygen atoms in total. The number of hydrogen-bond acceptors (Lipinski definition) is 6. The third-order valence-corrected chi connectivity index (χ3v) is 4.38. The van der Waals surface area contributed by atoms with Gasteiger partial charge in [-0.2, -0.15) is 5.10 Å². The molecule has 0 spiro atoms. The molecule has 0 saturated heterocycles. The van der Waals surface area contributed by atoms with Crippen LogP contribution in [-0.2, 0) is 14.3 Å². The van der Waals surface area contributed by atoms with E-state index >= 15 is 0 Å². The number of amides is 2. The summed E-state index contributed by atoms with van der Waals surface area (Å²) in [5, 5.41) is 6.72. The smallest absolute Gasteiger partial charge is 0.343 e. The molecule has 31 heavy (non-hydrogen) atoms. The highest BCUT2D eigenvalue weighted by Gasteiger charge is 2.24. The maximum atomic E-state index is 12.6. The predicted octanol–water partition coefficient (Wildman–Crippen LogP) is 2.45. The molecule has 1 unspecified atom stereocenters. The lowest BCUT2D eigenvalue weighted by atomic mass is 10.0. The topological polar surface area (TPSA) is 106 Å². The highest BCUT2D eigenvalue weighted by molar-refractivity contribution is 5.97. The van der Waals surface area contributed by atoms with Crippen molar-refractivity contribution in [2.24, 2.45) is 11.0 Å². The summed E-state index contributed by atoms with van der Waals surface area (Å²) >= 11 is 0. The molecule has 2 N–H and O–H groups in total. The Hall–Kier alpha value is -3.68. The number of nitrogens with zero attached hydrogens (tertiary/aromatic N) is 1. The Balaban J connectivity index is 1.96. The largest absolute Gasteiger partial charge is 0.482 e. The van der Waals surface area contributed by atoms with E-state index in [0.717, 1.165) is 5.56 Å². The summed E-state index contributed by atoms with van der Waals surface area (Å²) < 4.78 is 9.85. The normalized spacial score (nSPS) is 11.8. The van der Waals surface area contributed by atoms with Crippen LogP contribution in [0.4, 0.5) is 0 Å². The summed E-state index contributed by atoms with van der Waals surface area (Å²) in [4.78, 5) is 36.2. The number of hydrogen-bond donors (Lipinski definition) is 2. The van der Waals surface area contributed by atoms with Crippen molar-refractivity contribution in [1.29, 1.82) is 0 Å². The van der Waals surface area contributed by atoms with Gasteiger partial charge in [0.05, 0.1) is 13.3 Å². The van der Waals surface area contributed by atoms with Crippen LogP contribution in [0.15, 0.2) is 53.6 Å². The minimum atomic E-state index is -0.749. The predicted molar refractivity (Wildman–Crippen MR) is 117 cm³/mol. The molecule has 0 saturated carbocycles. The Kier molecular flexibility index (Phi) is 8.75. The van der Waals surface area contributed by atoms with E-state index in [4.69, 9.17) is 4.74 Å². The number of hydrazone groups is 1. The average Bonchev–Trinajstić information content (AvgIpc) is 2.76. The van der Waals surface area contributed by atoms with Crippen LogP contribution in [0.5, 0.6) is 5.75 Å². The maximum absolute atomic E-state index is 12.6. The molecule has 0 bridgehead atoms. The van der Waals surface area contributed by atoms with Gasteiger partial charge in [-0.05, 0) is 42.7 Å². The van der Waals surface area contributed by atoms with E-state index in [1.807, 2.05) is 32.9 Å². The van der Waals surface area contributed by atoms with Gasteiger partial charge in [0.1, 0.15) is 11.8 Å². The fraction of sp³-hybridized carbons (Fsp3) is 0.304. The number of esters is 1. The Morgan fingerprint density at radius 1 is 1.10 bits per heavy atom. The number of ether oxygens (including phenoxy) is 2. The van der Waals surface area contributed by atoms with Crippen molar-refractivity contribution >= 4 is 24.0 Å². The molecule has 0 aliphatic carbocycles. The summed E-state index contributed by atoms with van der Waals surface area (Å²) in [6.07, 6.45) is 1.45. The lowest BCUT2D eigenvalue weighted by Gasteiger charge is -2.20. The SMILES string of the molecule is COC(=O)COc1cccc(C=NNC(=O)C(NC(=O)c2ccc(C)cc2)C(C)C)c1. The molecule has 8 heteroatoms. The summed E-state index contributed by atoms with van der Waals surface area (Å²) in [6.45, 7) is 5.41. The second-order valence-electron chi connectivity index (χ2n) is 7.23. The average molecular weight is 425 g/mol. The molecule has 0 heterocycles. The Labute approximate surface area is 181 Å². The molecule has 0 fully saturated rings. The standard InChI is InChI=1S/C23H27N3O5/c1-15(2)21(25-22(28)18-10-8-16(3)9-11-18)23(29)26-24-13-17-6-5-7-19(12-17)31-14-20(27)30-4/h5-13,15,21H,14H2,1-4H3,(H,25,28)(H,26,29). The second-order valence-corrected chi connectivity index (χ2v) is 7.23. The summed E-state index contributed by atoms with van der Waals surface area (Å²) in [5.41, 5.74) is 4.65. The Bertz CT molecular complexity index is 938. The minimum Gasteiger partial charge on any atom is -0.482 e. The van der Waals surface area contributed by atoms with Crippen molar-refractivity contribution in [2.75, 3.05) is 13.7 Å². The Morgan fingerprint density at radius 3 is 2.45 bits per heavy atom. The Morgan fingerprint density at radius 2 is 1.81 bits per heavy atom. The highest BCUT2D eigenvalue weighted by Crippen LogP contribution is 2.12. The van der Waals surface area contributed by atoms with Crippen LogP contribution < -0.4 is 15.5 Å². The molecule has 2 aromatic rings. The molecule has 164 valence electrons. The van der Waals surface area contributed by atoms with Crippen molar-refractivity contribution < 1.29 is 23.9 Å². The molecule has 2 aromatic carbocycles. The number of rotatable bonds is 9. The van der Waals surface area contributed by atoms with Crippen LogP contribution in [0.3, 0.4) is 0 Å². The van der Waals surface area contributed by atoms with Crippen molar-refractivity contribution in [3.63, 3.8) is 0 Å². The number of carbonyl (C=O) groups is 3. The molecular weight excluding hydrogens is 398 g/mol. The summed E-state index contributed by atoms with van der Waals surface area (Å²) in [6, 6.07) is 13.2. The van der Waals surface area contributed by atoms with Gasteiger partial charge in [0.15, 0.2) is 6.61 Å². The summed E-state index contributed by atoms with van der Waals surface area (Å²) in [5.74, 6) is -0.914. The zero-order chi connectivity index (χ0) is 22.8. The number of carbonyl (C=O) groups excluding carboxylic acids is 3. The zero-order valence-electron chi connectivity index (χ0n) is 18.0.